The molecule has 1 N–H and O–H groups in total. The molecule has 5 nitrogen and oxygen atoms in total. The lowest BCUT2D eigenvalue weighted by Gasteiger charge is -2.24. The highest BCUT2D eigenvalue weighted by atomic mass is 16.5. The van der Waals surface area contributed by atoms with Crippen LogP contribution >= 0.6 is 0 Å². The van der Waals surface area contributed by atoms with Crippen molar-refractivity contribution in [2.45, 2.75) is 19.9 Å². The number of hydrogen-bond acceptors (Lipinski definition) is 3. The van der Waals surface area contributed by atoms with Gasteiger partial charge in [-0.3, -0.25) is 4.79 Å². The van der Waals surface area contributed by atoms with Gasteiger partial charge in [-0.05, 0) is 37.6 Å². The van der Waals surface area contributed by atoms with Crippen LogP contribution in [0.4, 0.5) is 0 Å². The Morgan fingerprint density at radius 1 is 1.32 bits per heavy atom. The molecule has 0 aromatic heterocycles. The van der Waals surface area contributed by atoms with Gasteiger partial charge in [0.05, 0.1) is 18.2 Å². The third kappa shape index (κ3) is 3.79. The normalized spacial score (nSPS) is 12.0. The van der Waals surface area contributed by atoms with Gasteiger partial charge < -0.3 is 14.7 Å². The highest BCUT2D eigenvalue weighted by Gasteiger charge is 2.19. The van der Waals surface area contributed by atoms with Crippen LogP contribution in [0.15, 0.2) is 18.2 Å². The van der Waals surface area contributed by atoms with Crippen molar-refractivity contribution >= 4 is 11.9 Å². The first kappa shape index (κ1) is 15.2. The Balaban J connectivity index is 3.02. The number of benzene rings is 1. The molecule has 0 fully saturated rings. The number of hydrogen-bond donors (Lipinski definition) is 1. The average Bonchev–Trinajstić information content (AvgIpc) is 2.36. The molecule has 5 heteroatoms. The zero-order valence-corrected chi connectivity index (χ0v) is 11.6. The lowest BCUT2D eigenvalue weighted by Crippen LogP contribution is -2.37. The Kier molecular flexibility index (Phi) is 5.06. The van der Waals surface area contributed by atoms with E-state index in [1.807, 2.05) is 6.92 Å². The number of carbonyl (C=O) groups is 2. The molecule has 1 unspecified atom stereocenters. The summed E-state index contributed by atoms with van der Waals surface area (Å²) in [4.78, 5) is 24.8. The van der Waals surface area contributed by atoms with E-state index < -0.39 is 5.97 Å². The Morgan fingerprint density at radius 3 is 2.42 bits per heavy atom. The number of ether oxygens (including phenoxy) is 1. The maximum absolute atomic E-state index is 12.3. The lowest BCUT2D eigenvalue weighted by atomic mass is 10.1. The predicted molar refractivity (Wildman–Crippen MR) is 71.6 cm³/mol. The van der Waals surface area contributed by atoms with Crippen molar-refractivity contribution in [1.82, 2.24) is 4.90 Å². The number of carboxylic acids is 1. The van der Waals surface area contributed by atoms with Gasteiger partial charge >= 0.3 is 5.97 Å². The van der Waals surface area contributed by atoms with Crippen molar-refractivity contribution in [3.63, 3.8) is 0 Å². The van der Waals surface area contributed by atoms with Gasteiger partial charge in [0.15, 0.2) is 0 Å². The molecule has 0 saturated carbocycles. The number of likely N-dealkylation sites (N-methyl/N-ethyl adjacent to an activating group) is 1. The van der Waals surface area contributed by atoms with Crippen LogP contribution in [0.2, 0.25) is 0 Å². The molecule has 19 heavy (non-hydrogen) atoms. The van der Waals surface area contributed by atoms with Crippen LogP contribution in [0.25, 0.3) is 0 Å². The van der Waals surface area contributed by atoms with Gasteiger partial charge in [-0.1, -0.05) is 0 Å². The Hall–Kier alpha value is -1.88. The maximum Gasteiger partial charge on any atom is 0.335 e. The summed E-state index contributed by atoms with van der Waals surface area (Å²) in [5.74, 6) is -1.25. The molecule has 0 aliphatic rings. The molecule has 1 amide bonds. The van der Waals surface area contributed by atoms with Crippen molar-refractivity contribution in [3.8, 4) is 0 Å². The zero-order chi connectivity index (χ0) is 14.6. The zero-order valence-electron chi connectivity index (χ0n) is 11.6. The maximum atomic E-state index is 12.3. The van der Waals surface area contributed by atoms with Crippen LogP contribution in [-0.2, 0) is 4.74 Å². The summed E-state index contributed by atoms with van der Waals surface area (Å²) in [6, 6.07) is 4.54. The van der Waals surface area contributed by atoms with Crippen molar-refractivity contribution in [3.05, 3.63) is 34.9 Å². The van der Waals surface area contributed by atoms with Gasteiger partial charge in [0.2, 0.25) is 0 Å². The third-order valence-electron chi connectivity index (χ3n) is 2.96. The fourth-order valence-corrected chi connectivity index (χ4v) is 1.79. The first-order valence-corrected chi connectivity index (χ1v) is 5.98. The summed E-state index contributed by atoms with van der Waals surface area (Å²) < 4.78 is 5.01. The predicted octanol–water partition coefficient (Wildman–Crippen LogP) is 1.80. The van der Waals surface area contributed by atoms with Crippen LogP contribution in [-0.4, -0.2) is 48.7 Å². The molecule has 0 saturated heterocycles. The standard InChI is InChI=1S/C14H19NO4/c1-9-5-11(7-12(6-9)14(17)18)13(16)15(3)10(2)8-19-4/h5-7,10H,8H2,1-4H3,(H,17,18). The molecule has 1 aromatic rings. The molecule has 0 aliphatic carbocycles. The number of amides is 1. The van der Waals surface area contributed by atoms with E-state index in [0.29, 0.717) is 12.2 Å². The van der Waals surface area contributed by atoms with Gasteiger partial charge in [0.1, 0.15) is 0 Å². The number of carbonyl (C=O) groups excluding carboxylic acids is 1. The molecule has 0 aliphatic heterocycles. The van der Waals surface area contributed by atoms with Gasteiger partial charge in [-0.25, -0.2) is 4.79 Å². The van der Waals surface area contributed by atoms with E-state index >= 15 is 0 Å². The second-order valence-electron chi connectivity index (χ2n) is 4.61. The minimum Gasteiger partial charge on any atom is -0.478 e. The summed E-state index contributed by atoms with van der Waals surface area (Å²) in [7, 11) is 3.25. The topological polar surface area (TPSA) is 66.8 Å². The number of aryl methyl sites for hydroxylation is 1. The largest absolute Gasteiger partial charge is 0.478 e. The number of nitrogens with zero attached hydrogens (tertiary/aromatic N) is 1. The van der Waals surface area contributed by atoms with E-state index in [4.69, 9.17) is 9.84 Å². The van der Waals surface area contributed by atoms with Crippen molar-refractivity contribution in [2.75, 3.05) is 20.8 Å². The van der Waals surface area contributed by atoms with Gasteiger partial charge in [0, 0.05) is 19.7 Å². The summed E-state index contributed by atoms with van der Waals surface area (Å²) in [6.45, 7) is 4.07. The molecule has 0 bridgehead atoms. The van der Waals surface area contributed by atoms with Gasteiger partial charge in [0.25, 0.3) is 5.91 Å². The van der Waals surface area contributed by atoms with Crippen molar-refractivity contribution < 1.29 is 19.4 Å². The molecule has 0 heterocycles. The minimum atomic E-state index is -1.04. The second-order valence-corrected chi connectivity index (χ2v) is 4.61. The SMILES string of the molecule is COCC(C)N(C)C(=O)c1cc(C)cc(C(=O)O)c1. The van der Waals surface area contributed by atoms with E-state index in [2.05, 4.69) is 0 Å². The molecule has 0 radical (unpaired) electrons. The second kappa shape index (κ2) is 6.33. The van der Waals surface area contributed by atoms with E-state index in [-0.39, 0.29) is 17.5 Å². The summed E-state index contributed by atoms with van der Waals surface area (Å²) in [5, 5.41) is 9.00. The first-order chi connectivity index (χ1) is 8.86. The fourth-order valence-electron chi connectivity index (χ4n) is 1.79. The Labute approximate surface area is 112 Å². The quantitative estimate of drug-likeness (QED) is 0.881. The molecule has 1 rings (SSSR count). The number of methoxy groups -OCH3 is 1. The van der Waals surface area contributed by atoms with E-state index in [9.17, 15) is 9.59 Å². The average molecular weight is 265 g/mol. The molecule has 1 atom stereocenters. The van der Waals surface area contributed by atoms with E-state index in [1.54, 1.807) is 32.0 Å². The van der Waals surface area contributed by atoms with Crippen molar-refractivity contribution in [2.24, 2.45) is 0 Å². The van der Waals surface area contributed by atoms with Crippen LogP contribution in [0.5, 0.6) is 0 Å². The van der Waals surface area contributed by atoms with E-state index in [0.717, 1.165) is 5.56 Å². The van der Waals surface area contributed by atoms with Gasteiger partial charge in [-0.2, -0.15) is 0 Å². The Bertz CT molecular complexity index is 484. The highest BCUT2D eigenvalue weighted by Crippen LogP contribution is 2.13. The lowest BCUT2D eigenvalue weighted by molar-refractivity contribution is 0.0633. The smallest absolute Gasteiger partial charge is 0.335 e. The van der Waals surface area contributed by atoms with Crippen LogP contribution in [0.1, 0.15) is 33.2 Å². The molecular weight excluding hydrogens is 246 g/mol. The molecular formula is C14H19NO4. The molecule has 104 valence electrons. The molecule has 0 spiro atoms. The first-order valence-electron chi connectivity index (χ1n) is 5.98. The monoisotopic (exact) mass is 265 g/mol. The minimum absolute atomic E-state index is 0.0775. The van der Waals surface area contributed by atoms with Gasteiger partial charge in [-0.15, -0.1) is 0 Å². The van der Waals surface area contributed by atoms with E-state index in [1.165, 1.54) is 12.1 Å². The van der Waals surface area contributed by atoms with Crippen LogP contribution < -0.4 is 0 Å². The van der Waals surface area contributed by atoms with Crippen LogP contribution in [0, 0.1) is 6.92 Å². The fraction of sp³-hybridized carbons (Fsp3) is 0.429. The number of aromatic carboxylic acids is 1. The summed E-state index contributed by atoms with van der Waals surface area (Å²) in [6.07, 6.45) is 0. The number of carboxylic acid groups (broad SMARTS) is 1. The number of rotatable bonds is 5. The van der Waals surface area contributed by atoms with Crippen molar-refractivity contribution in [1.29, 1.82) is 0 Å². The highest BCUT2D eigenvalue weighted by molar-refractivity contribution is 5.97. The summed E-state index contributed by atoms with van der Waals surface area (Å²) in [5.41, 5.74) is 1.25. The Morgan fingerprint density at radius 2 is 1.89 bits per heavy atom. The summed E-state index contributed by atoms with van der Waals surface area (Å²) >= 11 is 0. The third-order valence-corrected chi connectivity index (χ3v) is 2.96. The van der Waals surface area contributed by atoms with Crippen LogP contribution in [0.3, 0.4) is 0 Å². The molecule has 1 aromatic carbocycles.